The lowest BCUT2D eigenvalue weighted by atomic mass is 10.0. The summed E-state index contributed by atoms with van der Waals surface area (Å²) in [6.45, 7) is 0.613. The van der Waals surface area contributed by atoms with Gasteiger partial charge in [0.05, 0.1) is 17.7 Å². The quantitative estimate of drug-likeness (QED) is 0.0461. The molecule has 7 N–H and O–H groups in total. The summed E-state index contributed by atoms with van der Waals surface area (Å²) in [7, 11) is -4.22. The molecule has 1 heterocycles. The van der Waals surface area contributed by atoms with Gasteiger partial charge in [-0.15, -0.1) is 0 Å². The Morgan fingerprint density at radius 1 is 0.896 bits per heavy atom. The number of unbranched alkanes of at least 4 members (excludes halogenated alkanes) is 9. The van der Waals surface area contributed by atoms with Crippen molar-refractivity contribution in [3.63, 3.8) is 0 Å². The Balaban J connectivity index is 1.27. The first-order valence-electron chi connectivity index (χ1n) is 16.6. The first-order valence-corrected chi connectivity index (χ1v) is 18.4. The third-order valence-electron chi connectivity index (χ3n) is 7.91. The predicted molar refractivity (Wildman–Crippen MR) is 186 cm³/mol. The van der Waals surface area contributed by atoms with Gasteiger partial charge in [-0.25, -0.2) is 4.57 Å². The van der Waals surface area contributed by atoms with Crippen LogP contribution in [0.25, 0.3) is 10.9 Å². The van der Waals surface area contributed by atoms with E-state index in [1.807, 2.05) is 30.5 Å². The molecule has 0 radical (unpaired) electrons. The van der Waals surface area contributed by atoms with Crippen LogP contribution in [-0.4, -0.2) is 58.0 Å². The highest BCUT2D eigenvalue weighted by molar-refractivity contribution is 7.47. The summed E-state index contributed by atoms with van der Waals surface area (Å²) in [6, 6.07) is 12.3. The van der Waals surface area contributed by atoms with Crippen molar-refractivity contribution in [2.45, 2.75) is 95.6 Å². The normalized spacial score (nSPS) is 13.8. The molecule has 2 amide bonds. The minimum Gasteiger partial charge on any atom is -0.481 e. The van der Waals surface area contributed by atoms with Gasteiger partial charge < -0.3 is 31.0 Å². The van der Waals surface area contributed by atoms with E-state index in [1.54, 1.807) is 18.2 Å². The van der Waals surface area contributed by atoms with E-state index in [0.717, 1.165) is 74.3 Å². The fraction of sp³-hybridized carbons (Fsp3) is 0.500. The zero-order valence-corrected chi connectivity index (χ0v) is 28.9. The molecular weight excluding hydrogens is 659 g/mol. The van der Waals surface area contributed by atoms with E-state index in [-0.39, 0.29) is 42.5 Å². The van der Waals surface area contributed by atoms with Crippen molar-refractivity contribution in [2.24, 2.45) is 5.73 Å². The summed E-state index contributed by atoms with van der Waals surface area (Å²) in [4.78, 5) is 49.8. The van der Waals surface area contributed by atoms with E-state index in [1.165, 1.54) is 6.07 Å². The number of H-pyrrole nitrogens is 1. The highest BCUT2D eigenvalue weighted by Crippen LogP contribution is 2.45. The Morgan fingerprint density at radius 2 is 1.52 bits per heavy atom. The molecule has 0 bridgehead atoms. The summed E-state index contributed by atoms with van der Waals surface area (Å²) in [5.41, 5.74) is 7.71. The Morgan fingerprint density at radius 3 is 2.21 bits per heavy atom. The number of halogens is 1. The van der Waals surface area contributed by atoms with Gasteiger partial charge in [0.25, 0.3) is 0 Å². The molecule has 0 aliphatic carbocycles. The smallest absolute Gasteiger partial charge is 0.481 e. The van der Waals surface area contributed by atoms with Gasteiger partial charge in [0.1, 0.15) is 11.8 Å². The van der Waals surface area contributed by atoms with Crippen LogP contribution < -0.4 is 20.9 Å². The zero-order chi connectivity index (χ0) is 34.8. The topological polar surface area (TPSA) is 193 Å². The van der Waals surface area contributed by atoms with Crippen LogP contribution in [0.3, 0.4) is 0 Å². The monoisotopic (exact) mass is 706 g/mol. The number of nitrogens with one attached hydrogen (secondary N) is 3. The summed E-state index contributed by atoms with van der Waals surface area (Å²) >= 11 is 5.95. The molecule has 264 valence electrons. The maximum Gasteiger partial charge on any atom is 0.527 e. The van der Waals surface area contributed by atoms with E-state index < -0.39 is 31.8 Å². The highest BCUT2D eigenvalue weighted by Gasteiger charge is 2.26. The number of benzene rings is 2. The fourth-order valence-corrected chi connectivity index (χ4v) is 6.29. The number of phosphoric ester groups is 1. The average Bonchev–Trinajstić information content (AvgIpc) is 3.46. The first-order chi connectivity index (χ1) is 23.1. The second-order valence-electron chi connectivity index (χ2n) is 11.8. The lowest BCUT2D eigenvalue weighted by Gasteiger charge is -2.20. The van der Waals surface area contributed by atoms with Crippen molar-refractivity contribution in [3.05, 3.63) is 65.3 Å². The zero-order valence-electron chi connectivity index (χ0n) is 27.2. The van der Waals surface area contributed by atoms with Crippen LogP contribution in [0.15, 0.2) is 54.7 Å². The molecule has 3 atom stereocenters. The molecule has 3 rings (SSSR count). The molecule has 0 aliphatic heterocycles. The summed E-state index contributed by atoms with van der Waals surface area (Å²) in [5, 5.41) is 15.8. The third kappa shape index (κ3) is 14.4. The lowest BCUT2D eigenvalue weighted by molar-refractivity contribution is -0.137. The number of hydrogen-bond donors (Lipinski definition) is 6. The average molecular weight is 707 g/mol. The van der Waals surface area contributed by atoms with Crippen molar-refractivity contribution in [2.75, 3.05) is 13.2 Å². The van der Waals surface area contributed by atoms with Gasteiger partial charge in [0, 0.05) is 36.5 Å². The van der Waals surface area contributed by atoms with Crippen LogP contribution in [0.2, 0.25) is 5.02 Å². The molecule has 12 nitrogen and oxygen atoms in total. The number of amides is 2. The Kier molecular flexibility index (Phi) is 16.9. The van der Waals surface area contributed by atoms with E-state index >= 15 is 0 Å². The van der Waals surface area contributed by atoms with Gasteiger partial charge in [0.15, 0.2) is 0 Å². The molecule has 2 aromatic carbocycles. The number of fused-ring (bicyclic) bond motifs is 1. The molecule has 0 saturated carbocycles. The van der Waals surface area contributed by atoms with Crippen molar-refractivity contribution in [1.29, 1.82) is 0 Å². The number of carbonyl (C=O) groups excluding carboxylic acids is 2. The molecule has 48 heavy (non-hydrogen) atoms. The third-order valence-corrected chi connectivity index (χ3v) is 9.16. The van der Waals surface area contributed by atoms with E-state index in [4.69, 9.17) is 31.5 Å². The number of aromatic nitrogens is 1. The second-order valence-corrected chi connectivity index (χ2v) is 13.6. The Hall–Kier alpha value is -3.41. The molecule has 14 heteroatoms. The molecule has 0 fully saturated rings. The van der Waals surface area contributed by atoms with Crippen molar-refractivity contribution >= 4 is 48.1 Å². The minimum atomic E-state index is -4.22. The number of aliphatic carboxylic acids is 1. The molecule has 3 aromatic rings. The van der Waals surface area contributed by atoms with Crippen molar-refractivity contribution in [1.82, 2.24) is 15.6 Å². The van der Waals surface area contributed by atoms with Crippen LogP contribution in [-0.2, 0) is 29.9 Å². The Bertz CT molecular complexity index is 1500. The number of para-hydroxylation sites is 2. The largest absolute Gasteiger partial charge is 0.527 e. The lowest BCUT2D eigenvalue weighted by Crippen LogP contribution is -2.52. The Labute approximate surface area is 286 Å². The molecule has 0 saturated heterocycles. The standard InChI is InChI=1S/C34H48ClN4O8P/c35-27-16-10-12-18-31(27)47-48(44,45)46-22-14-8-6-4-2-1-3-5-7-13-21-37-34(43)30(39-33(42)28(36)19-20-32(40)41)23-25-24-38-29-17-11-9-15-26(25)29/h9-12,15-18,24,28,30,38H,1-8,13-14,19-23,36H2,(H,37,43)(H,39,42)(H,40,41)(H,44,45)/t28-,30-/m1/s1. The fourth-order valence-electron chi connectivity index (χ4n) is 5.24. The van der Waals surface area contributed by atoms with Crippen LogP contribution in [0.1, 0.15) is 82.6 Å². The van der Waals surface area contributed by atoms with Crippen molar-refractivity contribution < 1.29 is 38.0 Å². The van der Waals surface area contributed by atoms with E-state index in [2.05, 4.69) is 15.6 Å². The molecular formula is C34H48ClN4O8P. The minimum absolute atomic E-state index is 0.0197. The van der Waals surface area contributed by atoms with Gasteiger partial charge in [-0.05, 0) is 43.0 Å². The highest BCUT2D eigenvalue weighted by atomic mass is 35.5. The maximum absolute atomic E-state index is 13.2. The van der Waals surface area contributed by atoms with Gasteiger partial charge in [0.2, 0.25) is 11.8 Å². The van der Waals surface area contributed by atoms with Gasteiger partial charge in [-0.2, -0.15) is 0 Å². The first kappa shape index (κ1) is 39.0. The predicted octanol–water partition coefficient (Wildman–Crippen LogP) is 6.25. The van der Waals surface area contributed by atoms with Gasteiger partial charge in [-0.3, -0.25) is 23.8 Å². The van der Waals surface area contributed by atoms with Crippen molar-refractivity contribution in [3.8, 4) is 5.75 Å². The van der Waals surface area contributed by atoms with Crippen LogP contribution in [0.5, 0.6) is 5.75 Å². The van der Waals surface area contributed by atoms with E-state index in [9.17, 15) is 23.8 Å². The number of carboxylic acid groups (broad SMARTS) is 1. The SMILES string of the molecule is N[C@H](CCC(=O)O)C(=O)N[C@H](Cc1c[nH]c2ccccc12)C(=O)NCCCCCCCCCCCCOP(=O)(O)Oc1ccccc1Cl. The molecule has 1 unspecified atom stereocenters. The summed E-state index contributed by atoms with van der Waals surface area (Å²) < 4.78 is 22.2. The van der Waals surface area contributed by atoms with E-state index in [0.29, 0.717) is 13.0 Å². The molecule has 0 spiro atoms. The molecule has 0 aliphatic rings. The number of rotatable bonds is 24. The number of nitrogens with two attached hydrogens (primary N) is 1. The summed E-state index contributed by atoms with van der Waals surface area (Å²) in [5.74, 6) is -1.79. The number of carbonyl (C=O) groups is 3. The van der Waals surface area contributed by atoms with Crippen LogP contribution in [0.4, 0.5) is 0 Å². The second kappa shape index (κ2) is 20.8. The number of hydrogen-bond acceptors (Lipinski definition) is 7. The van der Waals surface area contributed by atoms with Crippen LogP contribution in [0, 0.1) is 0 Å². The van der Waals surface area contributed by atoms with Gasteiger partial charge in [-0.1, -0.05) is 93.3 Å². The number of phosphoric acid groups is 1. The maximum atomic E-state index is 13.2. The summed E-state index contributed by atoms with van der Waals surface area (Å²) in [6.07, 6.45) is 11.6. The van der Waals surface area contributed by atoms with Crippen LogP contribution >= 0.6 is 19.4 Å². The number of carboxylic acids is 1. The van der Waals surface area contributed by atoms with Gasteiger partial charge >= 0.3 is 13.8 Å². The number of aromatic amines is 1. The molecule has 1 aromatic heterocycles.